The van der Waals surface area contributed by atoms with E-state index in [1.165, 1.54) is 11.8 Å². The van der Waals surface area contributed by atoms with Gasteiger partial charge in [0, 0.05) is 27.6 Å². The van der Waals surface area contributed by atoms with Crippen LogP contribution >= 0.6 is 23.1 Å². The predicted octanol–water partition coefficient (Wildman–Crippen LogP) is 4.59. The molecule has 0 saturated carbocycles. The summed E-state index contributed by atoms with van der Waals surface area (Å²) < 4.78 is 1.75. The van der Waals surface area contributed by atoms with Crippen LogP contribution in [-0.2, 0) is 5.75 Å². The lowest BCUT2D eigenvalue weighted by atomic mass is 10.1. The largest absolute Gasteiger partial charge is 0.345 e. The number of aromatic nitrogens is 4. The molecule has 6 nitrogen and oxygen atoms in total. The summed E-state index contributed by atoms with van der Waals surface area (Å²) in [4.78, 5) is 22.9. The molecule has 4 aromatic rings. The van der Waals surface area contributed by atoms with E-state index in [1.54, 1.807) is 15.9 Å². The maximum atomic E-state index is 12.8. The first-order valence-corrected chi connectivity index (χ1v) is 11.1. The number of hydrogen-bond acceptors (Lipinski definition) is 6. The molecule has 0 saturated heterocycles. The molecule has 0 spiro atoms. The fourth-order valence-corrected chi connectivity index (χ4v) is 4.66. The van der Waals surface area contributed by atoms with Crippen molar-refractivity contribution in [3.63, 3.8) is 0 Å². The highest BCUT2D eigenvalue weighted by atomic mass is 32.2. The van der Waals surface area contributed by atoms with E-state index in [2.05, 4.69) is 20.4 Å². The first-order chi connectivity index (χ1) is 14.0. The highest BCUT2D eigenvalue weighted by molar-refractivity contribution is 7.98. The molecule has 0 aliphatic carbocycles. The van der Waals surface area contributed by atoms with Gasteiger partial charge in [0.2, 0.25) is 5.16 Å². The number of amides is 1. The van der Waals surface area contributed by atoms with Gasteiger partial charge in [-0.05, 0) is 49.9 Å². The second-order valence-corrected chi connectivity index (χ2v) is 8.72. The van der Waals surface area contributed by atoms with Crippen molar-refractivity contribution in [2.75, 3.05) is 0 Å². The molecule has 1 unspecified atom stereocenters. The number of thiophene rings is 1. The van der Waals surface area contributed by atoms with Crippen LogP contribution < -0.4 is 5.32 Å². The number of rotatable bonds is 6. The highest BCUT2D eigenvalue weighted by Gasteiger charge is 2.16. The molecular weight excluding hydrogens is 402 g/mol. The molecule has 4 rings (SSSR count). The minimum Gasteiger partial charge on any atom is -0.345 e. The van der Waals surface area contributed by atoms with Crippen molar-refractivity contribution in [1.29, 1.82) is 0 Å². The Labute approximate surface area is 177 Å². The Morgan fingerprint density at radius 1 is 1.21 bits per heavy atom. The Morgan fingerprint density at radius 2 is 2.03 bits per heavy atom. The summed E-state index contributed by atoms with van der Waals surface area (Å²) in [6.07, 6.45) is 0. The topological polar surface area (TPSA) is 72.2 Å². The maximum absolute atomic E-state index is 12.8. The number of carbonyl (C=O) groups is 1. The molecule has 0 aliphatic rings. The number of thioether (sulfide) groups is 1. The molecule has 1 amide bonds. The third kappa shape index (κ3) is 4.33. The zero-order valence-corrected chi connectivity index (χ0v) is 18.0. The number of hydrogen-bond donors (Lipinski definition) is 1. The van der Waals surface area contributed by atoms with Gasteiger partial charge in [0.05, 0.1) is 6.04 Å². The van der Waals surface area contributed by atoms with E-state index in [1.807, 2.05) is 68.6 Å². The Hall–Kier alpha value is -2.71. The third-order valence-corrected chi connectivity index (χ3v) is 6.48. The molecule has 1 aromatic carbocycles. The van der Waals surface area contributed by atoms with E-state index in [4.69, 9.17) is 0 Å². The lowest BCUT2D eigenvalue weighted by Gasteiger charge is -2.14. The summed E-state index contributed by atoms with van der Waals surface area (Å²) in [6, 6.07) is 13.6. The molecule has 8 heteroatoms. The second kappa shape index (κ2) is 8.34. The summed E-state index contributed by atoms with van der Waals surface area (Å²) in [6.45, 7) is 5.93. The average molecular weight is 424 g/mol. The van der Waals surface area contributed by atoms with Crippen LogP contribution in [0.1, 0.15) is 45.2 Å². The molecule has 0 bridgehead atoms. The summed E-state index contributed by atoms with van der Waals surface area (Å²) in [7, 11) is 0. The lowest BCUT2D eigenvalue weighted by molar-refractivity contribution is 0.0940. The van der Waals surface area contributed by atoms with Crippen LogP contribution in [0.4, 0.5) is 0 Å². The fraction of sp³-hybridized carbons (Fsp3) is 0.238. The number of nitrogens with one attached hydrogen (secondary N) is 1. The first-order valence-electron chi connectivity index (χ1n) is 9.27. The normalized spacial score (nSPS) is 12.2. The van der Waals surface area contributed by atoms with E-state index >= 15 is 0 Å². The van der Waals surface area contributed by atoms with E-state index in [9.17, 15) is 4.79 Å². The fourth-order valence-electron chi connectivity index (χ4n) is 3.10. The Kier molecular flexibility index (Phi) is 5.64. The summed E-state index contributed by atoms with van der Waals surface area (Å²) >= 11 is 3.14. The lowest BCUT2D eigenvalue weighted by Crippen LogP contribution is -2.27. The smallest absolute Gasteiger partial charge is 0.253 e. The highest BCUT2D eigenvalue weighted by Crippen LogP contribution is 2.24. The SMILES string of the molecule is Cc1cc(C)n2nc(SCc3ccccc3C(=O)NC(C)c3cccs3)nc2n1. The van der Waals surface area contributed by atoms with Crippen molar-refractivity contribution >= 4 is 34.8 Å². The standard InChI is InChI=1S/C21H21N5OS2/c1-13-11-14(2)26-20(22-13)24-21(25-26)29-12-16-7-4-5-8-17(16)19(27)23-15(3)18-9-6-10-28-18/h4-11,15H,12H2,1-3H3,(H,23,27). The number of fused-ring (bicyclic) bond motifs is 1. The minimum absolute atomic E-state index is 0.0272. The second-order valence-electron chi connectivity index (χ2n) is 6.80. The Bertz CT molecular complexity index is 1150. The van der Waals surface area contributed by atoms with Crippen LogP contribution in [-0.4, -0.2) is 25.5 Å². The van der Waals surface area contributed by atoms with Crippen LogP contribution in [0, 0.1) is 13.8 Å². The van der Waals surface area contributed by atoms with Crippen LogP contribution in [0.3, 0.4) is 0 Å². The van der Waals surface area contributed by atoms with Crippen LogP contribution in [0.2, 0.25) is 0 Å². The predicted molar refractivity (Wildman–Crippen MR) is 116 cm³/mol. The van der Waals surface area contributed by atoms with Crippen LogP contribution in [0.25, 0.3) is 5.78 Å². The van der Waals surface area contributed by atoms with Gasteiger partial charge in [-0.25, -0.2) is 9.50 Å². The van der Waals surface area contributed by atoms with E-state index < -0.39 is 0 Å². The van der Waals surface area contributed by atoms with Crippen molar-refractivity contribution in [3.05, 3.63) is 75.2 Å². The van der Waals surface area contributed by atoms with Gasteiger partial charge in [-0.3, -0.25) is 4.79 Å². The maximum Gasteiger partial charge on any atom is 0.253 e. The molecule has 1 N–H and O–H groups in total. The van der Waals surface area contributed by atoms with E-state index in [0.717, 1.165) is 21.8 Å². The molecular formula is C21H21N5OS2. The molecule has 1 atom stereocenters. The number of aryl methyl sites for hydroxylation is 2. The van der Waals surface area contributed by atoms with Crippen LogP contribution in [0.5, 0.6) is 0 Å². The van der Waals surface area contributed by atoms with Gasteiger partial charge >= 0.3 is 0 Å². The number of benzene rings is 1. The zero-order chi connectivity index (χ0) is 20.4. The first kappa shape index (κ1) is 19.6. The van der Waals surface area contributed by atoms with Crippen molar-refractivity contribution < 1.29 is 4.79 Å². The molecule has 3 heterocycles. The van der Waals surface area contributed by atoms with Crippen molar-refractivity contribution in [2.45, 2.75) is 37.7 Å². The summed E-state index contributed by atoms with van der Waals surface area (Å²) in [5.41, 5.74) is 3.54. The van der Waals surface area contributed by atoms with Crippen molar-refractivity contribution in [3.8, 4) is 0 Å². The molecule has 148 valence electrons. The number of carbonyl (C=O) groups excluding carboxylic acids is 1. The average Bonchev–Trinajstić information content (AvgIpc) is 3.36. The Balaban J connectivity index is 1.50. The minimum atomic E-state index is -0.0711. The van der Waals surface area contributed by atoms with Gasteiger partial charge in [0.15, 0.2) is 0 Å². The quantitative estimate of drug-likeness (QED) is 0.459. The summed E-state index contributed by atoms with van der Waals surface area (Å²) in [5, 5.41) is 10.3. The van der Waals surface area contributed by atoms with Crippen molar-refractivity contribution in [2.24, 2.45) is 0 Å². The van der Waals surface area contributed by atoms with Gasteiger partial charge in [-0.1, -0.05) is 36.0 Å². The monoisotopic (exact) mass is 423 g/mol. The number of nitrogens with zero attached hydrogens (tertiary/aromatic N) is 4. The van der Waals surface area contributed by atoms with Gasteiger partial charge < -0.3 is 5.32 Å². The Morgan fingerprint density at radius 3 is 2.83 bits per heavy atom. The van der Waals surface area contributed by atoms with Crippen LogP contribution in [0.15, 0.2) is 53.0 Å². The molecule has 0 aliphatic heterocycles. The molecule has 29 heavy (non-hydrogen) atoms. The van der Waals surface area contributed by atoms with E-state index in [-0.39, 0.29) is 11.9 Å². The van der Waals surface area contributed by atoms with Gasteiger partial charge in [0.25, 0.3) is 11.7 Å². The zero-order valence-electron chi connectivity index (χ0n) is 16.4. The molecule has 0 radical (unpaired) electrons. The third-order valence-electron chi connectivity index (χ3n) is 4.54. The molecule has 0 fully saturated rings. The van der Waals surface area contributed by atoms with Gasteiger partial charge in [0.1, 0.15) is 0 Å². The van der Waals surface area contributed by atoms with Crippen molar-refractivity contribution in [1.82, 2.24) is 24.9 Å². The van der Waals surface area contributed by atoms with Gasteiger partial charge in [-0.2, -0.15) is 4.98 Å². The van der Waals surface area contributed by atoms with E-state index in [0.29, 0.717) is 22.3 Å². The summed E-state index contributed by atoms with van der Waals surface area (Å²) in [5.74, 6) is 1.13. The van der Waals surface area contributed by atoms with Gasteiger partial charge in [-0.15, -0.1) is 16.4 Å². The molecule has 3 aromatic heterocycles.